The van der Waals surface area contributed by atoms with E-state index in [0.717, 1.165) is 0 Å². The maximum absolute atomic E-state index is 2.62. The van der Waals surface area contributed by atoms with Crippen molar-refractivity contribution in [2.75, 3.05) is 0 Å². The Hall–Kier alpha value is 0.730. The summed E-state index contributed by atoms with van der Waals surface area (Å²) in [4.78, 5) is 0. The average molecular weight is 268 g/mol. The molecule has 1 heteroatoms. The van der Waals surface area contributed by atoms with Gasteiger partial charge in [-0.3, -0.25) is 0 Å². The second-order valence-electron chi connectivity index (χ2n) is 3.62. The van der Waals surface area contributed by atoms with Crippen LogP contribution in [0.3, 0.4) is 0 Å². The molecule has 0 aromatic heterocycles. The van der Waals surface area contributed by atoms with Gasteiger partial charge in [-0.1, -0.05) is 69.0 Å². The van der Waals surface area contributed by atoms with Crippen molar-refractivity contribution in [2.45, 2.75) is 62.7 Å². The molecule has 0 saturated heterocycles. The second kappa shape index (κ2) is 6.27. The van der Waals surface area contributed by atoms with Gasteiger partial charge in [0.15, 0.2) is 0 Å². The molecule has 0 bridgehead atoms. The molecular formula is C10H21I. The van der Waals surface area contributed by atoms with E-state index >= 15 is 0 Å². The Morgan fingerprint density at radius 3 is 2.09 bits per heavy atom. The van der Waals surface area contributed by atoms with Crippen molar-refractivity contribution in [1.29, 1.82) is 0 Å². The monoisotopic (exact) mass is 268 g/mol. The van der Waals surface area contributed by atoms with E-state index < -0.39 is 0 Å². The predicted molar refractivity (Wildman–Crippen MR) is 61.5 cm³/mol. The van der Waals surface area contributed by atoms with Gasteiger partial charge in [0.2, 0.25) is 0 Å². The molecule has 68 valence electrons. The SMILES string of the molecule is CCCCCC(C)(I)CCC. The van der Waals surface area contributed by atoms with Crippen LogP contribution in [-0.4, -0.2) is 3.42 Å². The number of rotatable bonds is 6. The molecule has 0 fully saturated rings. The number of hydrogen-bond acceptors (Lipinski definition) is 0. The van der Waals surface area contributed by atoms with Crippen molar-refractivity contribution < 1.29 is 0 Å². The molecule has 0 aliphatic rings. The minimum Gasteiger partial charge on any atom is -0.0792 e. The summed E-state index contributed by atoms with van der Waals surface area (Å²) in [6.07, 6.45) is 8.26. The summed E-state index contributed by atoms with van der Waals surface area (Å²) in [5, 5.41) is 0. The van der Waals surface area contributed by atoms with E-state index in [1.165, 1.54) is 38.5 Å². The van der Waals surface area contributed by atoms with Crippen LogP contribution in [0.25, 0.3) is 0 Å². The lowest BCUT2D eigenvalue weighted by atomic mass is 9.99. The highest BCUT2D eigenvalue weighted by Crippen LogP contribution is 2.30. The van der Waals surface area contributed by atoms with Gasteiger partial charge in [0, 0.05) is 3.42 Å². The van der Waals surface area contributed by atoms with Crippen LogP contribution in [0.1, 0.15) is 59.3 Å². The lowest BCUT2D eigenvalue weighted by Crippen LogP contribution is -2.14. The van der Waals surface area contributed by atoms with Crippen molar-refractivity contribution in [3.8, 4) is 0 Å². The number of hydrogen-bond donors (Lipinski definition) is 0. The van der Waals surface area contributed by atoms with E-state index in [-0.39, 0.29) is 0 Å². The lowest BCUT2D eigenvalue weighted by Gasteiger charge is -2.21. The summed E-state index contributed by atoms with van der Waals surface area (Å²) in [7, 11) is 0. The molecule has 0 aromatic rings. The van der Waals surface area contributed by atoms with E-state index in [4.69, 9.17) is 0 Å². The normalized spacial score (nSPS) is 16.4. The van der Waals surface area contributed by atoms with Crippen molar-refractivity contribution >= 4 is 22.6 Å². The molecule has 0 heterocycles. The van der Waals surface area contributed by atoms with Gasteiger partial charge in [-0.05, 0) is 12.8 Å². The largest absolute Gasteiger partial charge is 0.0792 e. The Morgan fingerprint density at radius 2 is 1.64 bits per heavy atom. The Bertz CT molecular complexity index is 86.9. The van der Waals surface area contributed by atoms with E-state index in [1.54, 1.807) is 0 Å². The molecule has 0 amide bonds. The van der Waals surface area contributed by atoms with Crippen LogP contribution in [0, 0.1) is 0 Å². The van der Waals surface area contributed by atoms with Crippen LogP contribution in [0.2, 0.25) is 0 Å². The Balaban J connectivity index is 3.38. The van der Waals surface area contributed by atoms with E-state index in [2.05, 4.69) is 43.4 Å². The fourth-order valence-corrected chi connectivity index (χ4v) is 2.31. The summed E-state index contributed by atoms with van der Waals surface area (Å²) in [6, 6.07) is 0. The smallest absolute Gasteiger partial charge is 0.0194 e. The van der Waals surface area contributed by atoms with Gasteiger partial charge in [0.25, 0.3) is 0 Å². The van der Waals surface area contributed by atoms with Crippen LogP contribution < -0.4 is 0 Å². The van der Waals surface area contributed by atoms with E-state index in [9.17, 15) is 0 Å². The van der Waals surface area contributed by atoms with Crippen LogP contribution in [0.15, 0.2) is 0 Å². The predicted octanol–water partition coefficient (Wildman–Crippen LogP) is 4.56. The van der Waals surface area contributed by atoms with E-state index in [1.807, 2.05) is 0 Å². The quantitative estimate of drug-likeness (QED) is 0.376. The third-order valence-corrected chi connectivity index (χ3v) is 3.15. The minimum atomic E-state index is 0.571. The molecular weight excluding hydrogens is 247 g/mol. The Morgan fingerprint density at radius 1 is 1.00 bits per heavy atom. The maximum atomic E-state index is 2.62. The molecule has 11 heavy (non-hydrogen) atoms. The number of halogens is 1. The molecule has 0 saturated carbocycles. The summed E-state index contributed by atoms with van der Waals surface area (Å²) >= 11 is 2.62. The highest BCUT2D eigenvalue weighted by atomic mass is 127. The molecule has 0 spiro atoms. The molecule has 1 atom stereocenters. The molecule has 0 aliphatic carbocycles. The lowest BCUT2D eigenvalue weighted by molar-refractivity contribution is 0.523. The van der Waals surface area contributed by atoms with Crippen molar-refractivity contribution in [3.05, 3.63) is 0 Å². The van der Waals surface area contributed by atoms with Gasteiger partial charge in [-0.15, -0.1) is 0 Å². The summed E-state index contributed by atoms with van der Waals surface area (Å²) in [6.45, 7) is 6.92. The van der Waals surface area contributed by atoms with Gasteiger partial charge < -0.3 is 0 Å². The van der Waals surface area contributed by atoms with Crippen molar-refractivity contribution in [2.24, 2.45) is 0 Å². The third kappa shape index (κ3) is 7.10. The molecule has 0 rings (SSSR count). The minimum absolute atomic E-state index is 0.571. The summed E-state index contributed by atoms with van der Waals surface area (Å²) in [5.41, 5.74) is 0. The van der Waals surface area contributed by atoms with Gasteiger partial charge in [0.05, 0.1) is 0 Å². The van der Waals surface area contributed by atoms with Crippen LogP contribution in [-0.2, 0) is 0 Å². The number of alkyl halides is 1. The second-order valence-corrected chi connectivity index (χ2v) is 6.22. The van der Waals surface area contributed by atoms with Crippen LogP contribution in [0.4, 0.5) is 0 Å². The molecule has 0 nitrogen and oxygen atoms in total. The fraction of sp³-hybridized carbons (Fsp3) is 1.00. The molecule has 0 radical (unpaired) electrons. The van der Waals surface area contributed by atoms with Gasteiger partial charge in [0.1, 0.15) is 0 Å². The highest BCUT2D eigenvalue weighted by Gasteiger charge is 2.17. The van der Waals surface area contributed by atoms with Crippen molar-refractivity contribution in [3.63, 3.8) is 0 Å². The van der Waals surface area contributed by atoms with Crippen LogP contribution in [0.5, 0.6) is 0 Å². The number of unbranched alkanes of at least 4 members (excludes halogenated alkanes) is 2. The Kier molecular flexibility index (Phi) is 6.68. The van der Waals surface area contributed by atoms with Gasteiger partial charge in [-0.25, -0.2) is 0 Å². The van der Waals surface area contributed by atoms with Crippen LogP contribution >= 0.6 is 22.6 Å². The summed E-state index contributed by atoms with van der Waals surface area (Å²) in [5.74, 6) is 0. The third-order valence-electron chi connectivity index (χ3n) is 2.07. The zero-order valence-corrected chi connectivity index (χ0v) is 10.3. The van der Waals surface area contributed by atoms with Gasteiger partial charge >= 0.3 is 0 Å². The first kappa shape index (κ1) is 11.7. The average Bonchev–Trinajstić information content (AvgIpc) is 1.87. The zero-order chi connectivity index (χ0) is 8.74. The molecule has 0 aliphatic heterocycles. The Labute approximate surface area is 85.3 Å². The fourth-order valence-electron chi connectivity index (χ4n) is 1.39. The first-order valence-electron chi connectivity index (χ1n) is 4.81. The first-order chi connectivity index (χ1) is 5.12. The standard InChI is InChI=1S/C10H21I/c1-4-6-7-9-10(3,11)8-5-2/h4-9H2,1-3H3. The maximum Gasteiger partial charge on any atom is 0.0194 e. The first-order valence-corrected chi connectivity index (χ1v) is 5.89. The topological polar surface area (TPSA) is 0 Å². The summed E-state index contributed by atoms with van der Waals surface area (Å²) < 4.78 is 0.571. The highest BCUT2D eigenvalue weighted by molar-refractivity contribution is 14.1. The zero-order valence-electron chi connectivity index (χ0n) is 8.12. The van der Waals surface area contributed by atoms with E-state index in [0.29, 0.717) is 3.42 Å². The van der Waals surface area contributed by atoms with Gasteiger partial charge in [-0.2, -0.15) is 0 Å². The molecule has 1 unspecified atom stereocenters. The molecule has 0 N–H and O–H groups in total. The van der Waals surface area contributed by atoms with Crippen molar-refractivity contribution in [1.82, 2.24) is 0 Å². The molecule has 0 aromatic carbocycles.